The highest BCUT2D eigenvalue weighted by Gasteiger charge is 2.21. The molecule has 0 radical (unpaired) electrons. The SMILES string of the molecule is O=C(c1sccc1C#CCCO)N1CCOCC1. The predicted octanol–water partition coefficient (Wildman–Crippen LogP) is 0.954. The highest BCUT2D eigenvalue weighted by atomic mass is 32.1. The molecule has 1 aliphatic rings. The van der Waals surface area contributed by atoms with Gasteiger partial charge in [0.1, 0.15) is 4.88 Å². The third-order valence-corrected chi connectivity index (χ3v) is 3.52. The summed E-state index contributed by atoms with van der Waals surface area (Å²) in [6.07, 6.45) is 0.432. The van der Waals surface area contributed by atoms with Crippen molar-refractivity contribution in [1.29, 1.82) is 0 Å². The number of nitrogens with zero attached hydrogens (tertiary/aromatic N) is 1. The van der Waals surface area contributed by atoms with Gasteiger partial charge in [0.05, 0.1) is 19.8 Å². The third-order valence-electron chi connectivity index (χ3n) is 2.62. The number of carbonyl (C=O) groups is 1. The lowest BCUT2D eigenvalue weighted by Crippen LogP contribution is -2.40. The molecule has 0 bridgehead atoms. The summed E-state index contributed by atoms with van der Waals surface area (Å²) in [6.45, 7) is 2.52. The van der Waals surface area contributed by atoms with Crippen molar-refractivity contribution in [2.75, 3.05) is 32.9 Å². The van der Waals surface area contributed by atoms with Crippen molar-refractivity contribution < 1.29 is 14.6 Å². The summed E-state index contributed by atoms with van der Waals surface area (Å²) >= 11 is 1.41. The van der Waals surface area contributed by atoms with E-state index in [1.807, 2.05) is 11.4 Å². The zero-order chi connectivity index (χ0) is 12.8. The fraction of sp³-hybridized carbons (Fsp3) is 0.462. The monoisotopic (exact) mass is 265 g/mol. The molecule has 4 nitrogen and oxygen atoms in total. The molecule has 96 valence electrons. The van der Waals surface area contributed by atoms with E-state index in [9.17, 15) is 4.79 Å². The summed E-state index contributed by atoms with van der Waals surface area (Å²) in [5, 5.41) is 10.6. The molecule has 1 saturated heterocycles. The molecule has 0 atom stereocenters. The highest BCUT2D eigenvalue weighted by molar-refractivity contribution is 7.12. The van der Waals surface area contributed by atoms with Gasteiger partial charge in [-0.2, -0.15) is 0 Å². The topological polar surface area (TPSA) is 49.8 Å². The summed E-state index contributed by atoms with van der Waals surface area (Å²) in [7, 11) is 0. The van der Waals surface area contributed by atoms with E-state index in [1.54, 1.807) is 4.90 Å². The van der Waals surface area contributed by atoms with E-state index in [-0.39, 0.29) is 12.5 Å². The fourth-order valence-corrected chi connectivity index (χ4v) is 2.51. The normalized spacial score (nSPS) is 15.1. The summed E-state index contributed by atoms with van der Waals surface area (Å²) in [5.74, 6) is 5.81. The van der Waals surface area contributed by atoms with Gasteiger partial charge in [0.15, 0.2) is 0 Å². The molecule has 2 rings (SSSR count). The molecule has 1 aliphatic heterocycles. The van der Waals surface area contributed by atoms with Crippen molar-refractivity contribution in [2.45, 2.75) is 6.42 Å². The molecule has 0 saturated carbocycles. The van der Waals surface area contributed by atoms with E-state index in [4.69, 9.17) is 9.84 Å². The zero-order valence-electron chi connectivity index (χ0n) is 10.0. The highest BCUT2D eigenvalue weighted by Crippen LogP contribution is 2.18. The first kappa shape index (κ1) is 13.1. The molecular formula is C13H15NO3S. The smallest absolute Gasteiger partial charge is 0.265 e. The standard InChI is InChI=1S/C13H15NO3S/c15-7-2-1-3-11-4-10-18-12(11)13(16)14-5-8-17-9-6-14/h4,10,15H,2,5-9H2. The summed E-state index contributed by atoms with van der Waals surface area (Å²) in [5.41, 5.74) is 0.755. The number of aliphatic hydroxyl groups is 1. The van der Waals surface area contributed by atoms with E-state index in [1.165, 1.54) is 11.3 Å². The Balaban J connectivity index is 2.10. The number of morpholine rings is 1. The Morgan fingerprint density at radius 3 is 3.00 bits per heavy atom. The fourth-order valence-electron chi connectivity index (χ4n) is 1.70. The van der Waals surface area contributed by atoms with Crippen LogP contribution in [0.5, 0.6) is 0 Å². The van der Waals surface area contributed by atoms with Crippen LogP contribution in [0.15, 0.2) is 11.4 Å². The van der Waals surface area contributed by atoms with Gasteiger partial charge in [0.25, 0.3) is 5.91 Å². The minimum Gasteiger partial charge on any atom is -0.395 e. The van der Waals surface area contributed by atoms with Crippen molar-refractivity contribution in [2.24, 2.45) is 0 Å². The number of hydrogen-bond acceptors (Lipinski definition) is 4. The van der Waals surface area contributed by atoms with Crippen molar-refractivity contribution in [3.05, 3.63) is 21.9 Å². The molecule has 2 heterocycles. The molecule has 0 unspecified atom stereocenters. The largest absolute Gasteiger partial charge is 0.395 e. The maximum Gasteiger partial charge on any atom is 0.265 e. The molecule has 18 heavy (non-hydrogen) atoms. The Morgan fingerprint density at radius 1 is 1.50 bits per heavy atom. The Hall–Kier alpha value is -1.35. The molecule has 1 fully saturated rings. The number of amides is 1. The van der Waals surface area contributed by atoms with Gasteiger partial charge in [-0.1, -0.05) is 11.8 Å². The van der Waals surface area contributed by atoms with Crippen LogP contribution in [0.3, 0.4) is 0 Å². The van der Waals surface area contributed by atoms with Crippen LogP contribution in [0.25, 0.3) is 0 Å². The van der Waals surface area contributed by atoms with E-state index in [2.05, 4.69) is 11.8 Å². The molecule has 1 aromatic rings. The molecule has 5 heteroatoms. The number of thiophene rings is 1. The van der Waals surface area contributed by atoms with E-state index < -0.39 is 0 Å². The Kier molecular flexibility index (Phi) is 4.76. The maximum absolute atomic E-state index is 12.3. The van der Waals surface area contributed by atoms with Gasteiger partial charge in [-0.05, 0) is 11.4 Å². The van der Waals surface area contributed by atoms with E-state index in [0.717, 1.165) is 5.56 Å². The van der Waals surface area contributed by atoms with Crippen LogP contribution in [0.4, 0.5) is 0 Å². The van der Waals surface area contributed by atoms with Crippen LogP contribution in [-0.2, 0) is 4.74 Å². The van der Waals surface area contributed by atoms with Crippen LogP contribution >= 0.6 is 11.3 Å². The Labute approximate surface area is 110 Å². The lowest BCUT2D eigenvalue weighted by Gasteiger charge is -2.26. The summed E-state index contributed by atoms with van der Waals surface area (Å²) < 4.78 is 5.23. The van der Waals surface area contributed by atoms with Gasteiger partial charge in [-0.25, -0.2) is 0 Å². The first-order chi connectivity index (χ1) is 8.83. The van der Waals surface area contributed by atoms with Crippen molar-refractivity contribution in [3.63, 3.8) is 0 Å². The first-order valence-corrected chi connectivity index (χ1v) is 6.75. The predicted molar refractivity (Wildman–Crippen MR) is 69.6 cm³/mol. The van der Waals surface area contributed by atoms with Crippen LogP contribution in [0.2, 0.25) is 0 Å². The van der Waals surface area contributed by atoms with Gasteiger partial charge < -0.3 is 14.7 Å². The van der Waals surface area contributed by atoms with Gasteiger partial charge in [0, 0.05) is 25.1 Å². The molecule has 0 spiro atoms. The second-order valence-electron chi connectivity index (χ2n) is 3.84. The Morgan fingerprint density at radius 2 is 2.28 bits per heavy atom. The third kappa shape index (κ3) is 3.10. The number of rotatable bonds is 2. The number of carbonyl (C=O) groups excluding carboxylic acids is 1. The lowest BCUT2D eigenvalue weighted by atomic mass is 10.2. The van der Waals surface area contributed by atoms with Crippen LogP contribution < -0.4 is 0 Å². The molecule has 0 aliphatic carbocycles. The van der Waals surface area contributed by atoms with Crippen molar-refractivity contribution >= 4 is 17.2 Å². The summed E-state index contributed by atoms with van der Waals surface area (Å²) in [4.78, 5) is 14.8. The molecule has 0 aromatic carbocycles. The van der Waals surface area contributed by atoms with Crippen LogP contribution in [0.1, 0.15) is 21.7 Å². The van der Waals surface area contributed by atoms with Gasteiger partial charge in [0.2, 0.25) is 0 Å². The summed E-state index contributed by atoms with van der Waals surface area (Å²) in [6, 6.07) is 1.85. The van der Waals surface area contributed by atoms with E-state index in [0.29, 0.717) is 37.6 Å². The quantitative estimate of drug-likeness (QED) is 0.810. The Bertz CT molecular complexity index is 466. The number of ether oxygens (including phenoxy) is 1. The average molecular weight is 265 g/mol. The van der Waals surface area contributed by atoms with Crippen LogP contribution in [0, 0.1) is 11.8 Å². The van der Waals surface area contributed by atoms with Crippen LogP contribution in [-0.4, -0.2) is 48.8 Å². The van der Waals surface area contributed by atoms with Gasteiger partial charge in [-0.3, -0.25) is 4.79 Å². The maximum atomic E-state index is 12.3. The number of hydrogen-bond donors (Lipinski definition) is 1. The average Bonchev–Trinajstić information content (AvgIpc) is 2.88. The van der Waals surface area contributed by atoms with Crippen molar-refractivity contribution in [1.82, 2.24) is 4.90 Å². The molecular weight excluding hydrogens is 250 g/mol. The molecule has 1 aromatic heterocycles. The first-order valence-electron chi connectivity index (χ1n) is 5.87. The lowest BCUT2D eigenvalue weighted by molar-refractivity contribution is 0.0306. The second kappa shape index (κ2) is 6.55. The zero-order valence-corrected chi connectivity index (χ0v) is 10.8. The minimum absolute atomic E-state index is 0.0293. The minimum atomic E-state index is 0.0293. The molecule has 1 N–H and O–H groups in total. The molecule has 1 amide bonds. The van der Waals surface area contributed by atoms with E-state index >= 15 is 0 Å². The van der Waals surface area contributed by atoms with Gasteiger partial charge >= 0.3 is 0 Å². The van der Waals surface area contributed by atoms with Crippen molar-refractivity contribution in [3.8, 4) is 11.8 Å². The second-order valence-corrected chi connectivity index (χ2v) is 4.76. The van der Waals surface area contributed by atoms with Gasteiger partial charge in [-0.15, -0.1) is 11.3 Å². The number of aliphatic hydroxyl groups excluding tert-OH is 1.